The minimum atomic E-state index is -0.654. The van der Waals surface area contributed by atoms with Gasteiger partial charge in [-0.3, -0.25) is 0 Å². The summed E-state index contributed by atoms with van der Waals surface area (Å²) in [5, 5.41) is 15.1. The molecular formula is C24H27NO. The first kappa shape index (κ1) is 16.3. The van der Waals surface area contributed by atoms with E-state index in [4.69, 9.17) is 0 Å². The molecule has 1 spiro atoms. The Morgan fingerprint density at radius 1 is 1.15 bits per heavy atom. The highest BCUT2D eigenvalue weighted by Crippen LogP contribution is 2.70. The Hall–Kier alpha value is -1.90. The summed E-state index contributed by atoms with van der Waals surface area (Å²) in [6, 6.07) is 17.7. The summed E-state index contributed by atoms with van der Waals surface area (Å²) in [5.41, 5.74) is 6.15. The minimum Gasteiger partial charge on any atom is -0.386 e. The molecule has 2 saturated carbocycles. The van der Waals surface area contributed by atoms with Gasteiger partial charge in [-0.1, -0.05) is 55.1 Å². The maximum absolute atomic E-state index is 11.2. The average molecular weight is 345 g/mol. The molecule has 2 aromatic carbocycles. The van der Waals surface area contributed by atoms with Gasteiger partial charge in [-0.15, -0.1) is 0 Å². The van der Waals surface area contributed by atoms with Gasteiger partial charge in [0.05, 0.1) is 5.60 Å². The van der Waals surface area contributed by atoms with Gasteiger partial charge in [0, 0.05) is 18.0 Å². The van der Waals surface area contributed by atoms with Gasteiger partial charge in [-0.25, -0.2) is 0 Å². The molecular weight excluding hydrogens is 318 g/mol. The van der Waals surface area contributed by atoms with E-state index in [0.29, 0.717) is 5.92 Å². The fourth-order valence-electron chi connectivity index (χ4n) is 6.16. The molecule has 2 fully saturated rings. The van der Waals surface area contributed by atoms with Crippen LogP contribution in [0.4, 0.5) is 0 Å². The van der Waals surface area contributed by atoms with E-state index in [9.17, 15) is 5.11 Å². The van der Waals surface area contributed by atoms with Crippen molar-refractivity contribution in [2.24, 2.45) is 5.41 Å². The van der Waals surface area contributed by atoms with Gasteiger partial charge in [0.25, 0.3) is 0 Å². The summed E-state index contributed by atoms with van der Waals surface area (Å²) in [6.45, 7) is 7.38. The molecule has 0 saturated heterocycles. The van der Waals surface area contributed by atoms with Crippen LogP contribution >= 0.6 is 0 Å². The lowest BCUT2D eigenvalue weighted by molar-refractivity contribution is 0.00167. The quantitative estimate of drug-likeness (QED) is 0.784. The molecule has 2 N–H and O–H groups in total. The summed E-state index contributed by atoms with van der Waals surface area (Å²) >= 11 is 0. The number of nitrogens with one attached hydrogen (secondary N) is 1. The number of aliphatic hydroxyl groups is 1. The minimum absolute atomic E-state index is 0.0767. The van der Waals surface area contributed by atoms with Gasteiger partial charge in [0.1, 0.15) is 0 Å². The van der Waals surface area contributed by atoms with Crippen LogP contribution in [0, 0.1) is 12.3 Å². The third-order valence-electron chi connectivity index (χ3n) is 7.31. The Morgan fingerprint density at radius 2 is 1.96 bits per heavy atom. The van der Waals surface area contributed by atoms with Gasteiger partial charge in [0.15, 0.2) is 0 Å². The van der Waals surface area contributed by atoms with Crippen molar-refractivity contribution in [3.8, 4) is 0 Å². The number of aryl methyl sites for hydroxylation is 1. The van der Waals surface area contributed by atoms with Crippen LogP contribution in [0.15, 0.2) is 60.7 Å². The fourth-order valence-corrected chi connectivity index (χ4v) is 6.16. The highest BCUT2D eigenvalue weighted by molar-refractivity contribution is 5.51. The van der Waals surface area contributed by atoms with Gasteiger partial charge >= 0.3 is 0 Å². The maximum Gasteiger partial charge on any atom is 0.0860 e. The molecule has 0 aromatic heterocycles. The molecule has 3 aliphatic carbocycles. The number of fused-ring (bicyclic) bond motifs is 3. The molecule has 0 radical (unpaired) electrons. The van der Waals surface area contributed by atoms with Crippen molar-refractivity contribution < 1.29 is 5.11 Å². The molecule has 0 amide bonds. The smallest absolute Gasteiger partial charge is 0.0860 e. The van der Waals surface area contributed by atoms with Crippen molar-refractivity contribution in [3.05, 3.63) is 82.9 Å². The molecule has 0 heterocycles. The molecule has 5 rings (SSSR count). The number of hydrogen-bond donors (Lipinski definition) is 2. The second-order valence-electron chi connectivity index (χ2n) is 8.69. The van der Waals surface area contributed by atoms with Crippen molar-refractivity contribution in [2.75, 3.05) is 0 Å². The molecule has 3 aliphatic rings. The van der Waals surface area contributed by atoms with Crippen LogP contribution in [-0.4, -0.2) is 10.7 Å². The molecule has 2 aromatic rings. The van der Waals surface area contributed by atoms with E-state index in [0.717, 1.165) is 37.8 Å². The summed E-state index contributed by atoms with van der Waals surface area (Å²) in [7, 11) is 0. The second-order valence-corrected chi connectivity index (χ2v) is 8.69. The summed E-state index contributed by atoms with van der Waals surface area (Å²) in [5.74, 6) is 0.533. The predicted molar refractivity (Wildman–Crippen MR) is 105 cm³/mol. The van der Waals surface area contributed by atoms with Gasteiger partial charge in [0.2, 0.25) is 0 Å². The van der Waals surface area contributed by atoms with Gasteiger partial charge < -0.3 is 10.4 Å². The molecule has 134 valence electrons. The SMILES string of the molecule is C=C1C[C@]23CC1(O)CC[C@H]2c1cccc(C)c1[C@@H]3NCc1ccccc1. The van der Waals surface area contributed by atoms with E-state index < -0.39 is 5.60 Å². The molecule has 26 heavy (non-hydrogen) atoms. The van der Waals surface area contributed by atoms with Gasteiger partial charge in [-0.05, 0) is 66.4 Å². The van der Waals surface area contributed by atoms with E-state index in [1.54, 1.807) is 0 Å². The lowest BCUT2D eigenvalue weighted by Crippen LogP contribution is -2.41. The molecule has 1 unspecified atom stereocenters. The zero-order valence-electron chi connectivity index (χ0n) is 15.5. The largest absolute Gasteiger partial charge is 0.386 e. The van der Waals surface area contributed by atoms with Crippen molar-refractivity contribution in [3.63, 3.8) is 0 Å². The zero-order chi connectivity index (χ0) is 17.9. The van der Waals surface area contributed by atoms with Crippen molar-refractivity contribution in [1.82, 2.24) is 5.32 Å². The summed E-state index contributed by atoms with van der Waals surface area (Å²) in [6.07, 6.45) is 3.71. The van der Waals surface area contributed by atoms with Crippen LogP contribution in [0.2, 0.25) is 0 Å². The molecule has 0 aliphatic heterocycles. The Balaban J connectivity index is 1.58. The molecule has 2 heteroatoms. The summed E-state index contributed by atoms with van der Waals surface area (Å²) < 4.78 is 0. The third-order valence-corrected chi connectivity index (χ3v) is 7.31. The molecule has 2 nitrogen and oxygen atoms in total. The highest BCUT2D eigenvalue weighted by Gasteiger charge is 2.64. The Kier molecular flexibility index (Phi) is 3.47. The van der Waals surface area contributed by atoms with Crippen LogP contribution in [-0.2, 0) is 6.54 Å². The molecule has 2 bridgehead atoms. The first-order valence-electron chi connectivity index (χ1n) is 9.81. The van der Waals surface area contributed by atoms with Crippen LogP contribution in [0.3, 0.4) is 0 Å². The molecule has 4 atom stereocenters. The second kappa shape index (κ2) is 5.55. The Bertz CT molecular complexity index is 873. The fraction of sp³-hybridized carbons (Fsp3) is 0.417. The normalized spacial score (nSPS) is 34.6. The van der Waals surface area contributed by atoms with E-state index in [1.807, 2.05) is 0 Å². The number of hydrogen-bond acceptors (Lipinski definition) is 2. The lowest BCUT2D eigenvalue weighted by Gasteiger charge is -2.43. The average Bonchev–Trinajstić information content (AvgIpc) is 3.01. The zero-order valence-corrected chi connectivity index (χ0v) is 15.5. The van der Waals surface area contributed by atoms with E-state index in [-0.39, 0.29) is 11.5 Å². The van der Waals surface area contributed by atoms with E-state index >= 15 is 0 Å². The summed E-state index contributed by atoms with van der Waals surface area (Å²) in [4.78, 5) is 0. The first-order chi connectivity index (χ1) is 12.5. The number of rotatable bonds is 3. The topological polar surface area (TPSA) is 32.3 Å². The van der Waals surface area contributed by atoms with Crippen molar-refractivity contribution in [1.29, 1.82) is 0 Å². The Morgan fingerprint density at radius 3 is 2.77 bits per heavy atom. The first-order valence-corrected chi connectivity index (χ1v) is 9.81. The Labute approximate surface area is 156 Å². The number of benzene rings is 2. The highest BCUT2D eigenvalue weighted by atomic mass is 16.3. The lowest BCUT2D eigenvalue weighted by atomic mass is 9.65. The standard InChI is InChI=1S/C24H27NO/c1-16-7-6-10-19-20-11-12-24(26)15-23(20,13-17(24)2)22(21(16)19)25-14-18-8-4-3-5-9-18/h3-10,20,22,25-26H,2,11-15H2,1H3/t20-,22-,23-,24?/m0/s1. The van der Waals surface area contributed by atoms with Gasteiger partial charge in [-0.2, -0.15) is 0 Å². The third kappa shape index (κ3) is 2.12. The van der Waals surface area contributed by atoms with Crippen LogP contribution in [0.5, 0.6) is 0 Å². The van der Waals surface area contributed by atoms with Crippen LogP contribution in [0.25, 0.3) is 0 Å². The van der Waals surface area contributed by atoms with Crippen molar-refractivity contribution in [2.45, 2.75) is 56.7 Å². The monoisotopic (exact) mass is 345 g/mol. The van der Waals surface area contributed by atoms with Crippen LogP contribution < -0.4 is 5.32 Å². The maximum atomic E-state index is 11.2. The van der Waals surface area contributed by atoms with Crippen molar-refractivity contribution >= 4 is 0 Å². The van der Waals surface area contributed by atoms with E-state index in [2.05, 4.69) is 67.4 Å². The van der Waals surface area contributed by atoms with E-state index in [1.165, 1.54) is 22.3 Å². The predicted octanol–water partition coefficient (Wildman–Crippen LogP) is 4.78. The van der Waals surface area contributed by atoms with Crippen LogP contribution in [0.1, 0.15) is 59.9 Å².